The van der Waals surface area contributed by atoms with Gasteiger partial charge in [-0.15, -0.1) is 0 Å². The van der Waals surface area contributed by atoms with Gasteiger partial charge in [0.1, 0.15) is 5.71 Å². The molecule has 3 N–H and O–H groups in total. The predicted octanol–water partition coefficient (Wildman–Crippen LogP) is -0.537. The molecule has 4 rings (SSSR count). The zero-order chi connectivity index (χ0) is 18.5. The van der Waals surface area contributed by atoms with Crippen molar-refractivity contribution in [2.24, 2.45) is 11.0 Å². The van der Waals surface area contributed by atoms with Crippen molar-refractivity contribution in [1.29, 1.82) is 0 Å². The van der Waals surface area contributed by atoms with Crippen LogP contribution in [-0.2, 0) is 9.53 Å². The molecule has 0 aromatic carbocycles. The molecule has 5 atom stereocenters. The van der Waals surface area contributed by atoms with E-state index in [0.29, 0.717) is 5.71 Å². The minimum Gasteiger partial charge on any atom is -0.619 e. The van der Waals surface area contributed by atoms with Crippen LogP contribution in [0.15, 0.2) is 17.5 Å². The number of fused-ring (bicyclic) bond motifs is 4. The number of hydrogen-bond acceptors (Lipinski definition) is 7. The number of nitrogens with zero attached hydrogens (tertiary/aromatic N) is 3. The molecule has 142 valence electrons. The molecular formula is C17H25N5O4. The zero-order valence-electron chi connectivity index (χ0n) is 15.0. The molecule has 4 aliphatic heterocycles. The maximum absolute atomic E-state index is 12.9. The lowest BCUT2D eigenvalue weighted by Gasteiger charge is -2.38. The lowest BCUT2D eigenvalue weighted by molar-refractivity contribution is -0.379. The monoisotopic (exact) mass is 363 g/mol. The summed E-state index contributed by atoms with van der Waals surface area (Å²) in [6.07, 6.45) is 6.83. The summed E-state index contributed by atoms with van der Waals surface area (Å²) in [6, 6.07) is -0.0830. The first kappa shape index (κ1) is 17.3. The summed E-state index contributed by atoms with van der Waals surface area (Å²) < 4.78 is 6.81. The van der Waals surface area contributed by atoms with E-state index in [-0.39, 0.29) is 36.7 Å². The average Bonchev–Trinajstić information content (AvgIpc) is 3.17. The van der Waals surface area contributed by atoms with Gasteiger partial charge in [-0.3, -0.25) is 9.80 Å². The topological polar surface area (TPSA) is 112 Å². The van der Waals surface area contributed by atoms with Crippen molar-refractivity contribution < 1.29 is 19.4 Å². The molecule has 2 saturated heterocycles. The molecule has 5 unspecified atom stereocenters. The average molecular weight is 363 g/mol. The van der Waals surface area contributed by atoms with Gasteiger partial charge in [-0.1, -0.05) is 0 Å². The number of aliphatic hydroxyl groups is 1. The Labute approximate surface area is 152 Å². The second kappa shape index (κ2) is 6.24. The number of nitrogens with one attached hydrogen (secondary N) is 2. The smallest absolute Gasteiger partial charge is 0.268 e. The van der Waals surface area contributed by atoms with Crippen LogP contribution in [0.25, 0.3) is 0 Å². The second-order valence-electron chi connectivity index (χ2n) is 8.00. The Morgan fingerprint density at radius 2 is 2.38 bits per heavy atom. The van der Waals surface area contributed by atoms with Crippen LogP contribution in [0.4, 0.5) is 0 Å². The summed E-state index contributed by atoms with van der Waals surface area (Å²) in [6.45, 7) is 3.37. The number of ether oxygens (including phenoxy) is 1. The molecule has 0 aromatic rings. The van der Waals surface area contributed by atoms with Crippen LogP contribution in [-0.4, -0.2) is 69.2 Å². The highest BCUT2D eigenvalue weighted by Crippen LogP contribution is 2.43. The van der Waals surface area contributed by atoms with Crippen LogP contribution >= 0.6 is 0 Å². The van der Waals surface area contributed by atoms with Crippen molar-refractivity contribution in [3.8, 4) is 0 Å². The summed E-state index contributed by atoms with van der Waals surface area (Å²) in [7, 11) is 0. The highest BCUT2D eigenvalue weighted by Gasteiger charge is 2.54. The Kier molecular flexibility index (Phi) is 4.15. The van der Waals surface area contributed by atoms with Crippen LogP contribution in [0.2, 0.25) is 0 Å². The van der Waals surface area contributed by atoms with E-state index in [1.807, 2.05) is 0 Å². The Morgan fingerprint density at radius 1 is 1.58 bits per heavy atom. The first-order valence-corrected chi connectivity index (χ1v) is 9.07. The number of amides is 1. The molecule has 9 heteroatoms. The number of aliphatic hydroxyl groups excluding tert-OH is 1. The van der Waals surface area contributed by atoms with E-state index in [4.69, 9.17) is 4.74 Å². The number of hydrazone groups is 1. The Bertz CT molecular complexity index is 689. The van der Waals surface area contributed by atoms with Crippen molar-refractivity contribution in [3.63, 3.8) is 0 Å². The lowest BCUT2D eigenvalue weighted by Crippen LogP contribution is -2.56. The van der Waals surface area contributed by atoms with Crippen LogP contribution < -0.4 is 10.6 Å². The van der Waals surface area contributed by atoms with Crippen LogP contribution in [0.1, 0.15) is 33.1 Å². The van der Waals surface area contributed by atoms with Gasteiger partial charge in [0.25, 0.3) is 5.91 Å². The first-order chi connectivity index (χ1) is 12.4. The number of carbonyl (C=O) groups excluding carboxylic acids is 1. The number of carbonyl (C=O) groups is 1. The van der Waals surface area contributed by atoms with Crippen molar-refractivity contribution in [3.05, 3.63) is 17.6 Å². The molecule has 26 heavy (non-hydrogen) atoms. The predicted molar refractivity (Wildman–Crippen MR) is 94.1 cm³/mol. The fourth-order valence-corrected chi connectivity index (χ4v) is 4.20. The van der Waals surface area contributed by atoms with E-state index < -0.39 is 11.7 Å². The number of hydroxylamine groups is 1. The van der Waals surface area contributed by atoms with Crippen LogP contribution in [0.5, 0.6) is 0 Å². The summed E-state index contributed by atoms with van der Waals surface area (Å²) in [4.78, 5) is 12.9. The van der Waals surface area contributed by atoms with Gasteiger partial charge in [-0.25, -0.2) is 0 Å². The van der Waals surface area contributed by atoms with Gasteiger partial charge < -0.3 is 25.7 Å². The van der Waals surface area contributed by atoms with Gasteiger partial charge in [-0.2, -0.15) is 9.84 Å². The van der Waals surface area contributed by atoms with E-state index in [9.17, 15) is 15.1 Å². The highest BCUT2D eigenvalue weighted by atomic mass is 16.5. The SMILES string of the molecule is CC(C)(CO)NC(=O)C1=NN(C2C=[N+]([O-])C=CN2)C2C3CCC(CC12)O3. The fraction of sp³-hybridized carbons (Fsp3) is 0.706. The molecule has 2 fully saturated rings. The number of rotatable bonds is 4. The fourth-order valence-electron chi connectivity index (χ4n) is 4.20. The van der Waals surface area contributed by atoms with Crippen molar-refractivity contribution in [1.82, 2.24) is 15.6 Å². The molecule has 4 heterocycles. The molecular weight excluding hydrogens is 338 g/mol. The van der Waals surface area contributed by atoms with Gasteiger partial charge in [-0.05, 0) is 33.1 Å². The van der Waals surface area contributed by atoms with Crippen molar-refractivity contribution in [2.45, 2.75) is 63.1 Å². The molecule has 9 nitrogen and oxygen atoms in total. The van der Waals surface area contributed by atoms with Crippen LogP contribution in [0.3, 0.4) is 0 Å². The number of hydrogen-bond donors (Lipinski definition) is 3. The third-order valence-electron chi connectivity index (χ3n) is 5.47. The van der Waals surface area contributed by atoms with Crippen molar-refractivity contribution >= 4 is 17.8 Å². The molecule has 0 aromatic heterocycles. The zero-order valence-corrected chi connectivity index (χ0v) is 15.0. The van der Waals surface area contributed by atoms with Gasteiger partial charge in [0, 0.05) is 5.92 Å². The maximum atomic E-state index is 12.9. The molecule has 4 aliphatic rings. The summed E-state index contributed by atoms with van der Waals surface area (Å²) in [5.41, 5.74) is -0.268. The van der Waals surface area contributed by atoms with Crippen LogP contribution in [0, 0.1) is 11.1 Å². The summed E-state index contributed by atoms with van der Waals surface area (Å²) in [5.74, 6) is -0.315. The molecule has 0 aliphatic carbocycles. The molecule has 0 saturated carbocycles. The second-order valence-corrected chi connectivity index (χ2v) is 8.00. The van der Waals surface area contributed by atoms with Crippen molar-refractivity contribution in [2.75, 3.05) is 6.61 Å². The Morgan fingerprint density at radius 3 is 3.12 bits per heavy atom. The Balaban J connectivity index is 1.63. The molecule has 0 radical (unpaired) electrons. The minimum atomic E-state index is -0.726. The van der Waals surface area contributed by atoms with E-state index >= 15 is 0 Å². The maximum Gasteiger partial charge on any atom is 0.268 e. The highest BCUT2D eigenvalue weighted by molar-refractivity contribution is 6.40. The van der Waals surface area contributed by atoms with E-state index in [2.05, 4.69) is 15.7 Å². The van der Waals surface area contributed by atoms with Gasteiger partial charge in [0.2, 0.25) is 6.21 Å². The first-order valence-electron chi connectivity index (χ1n) is 9.07. The standard InChI is InChI=1S/C17H25N5O4/c1-17(2,9-23)19-16(24)14-11-7-10-3-4-12(26-10)15(11)22(20-14)13-8-21(25)6-5-18-13/h5-6,8,10-13,15,18,23H,3-4,7,9H2,1-2H3,(H,19,24). The largest absolute Gasteiger partial charge is 0.619 e. The van der Waals surface area contributed by atoms with Gasteiger partial charge >= 0.3 is 0 Å². The lowest BCUT2D eigenvalue weighted by atomic mass is 9.86. The molecule has 2 bridgehead atoms. The van der Waals surface area contributed by atoms with E-state index in [0.717, 1.165) is 24.0 Å². The summed E-state index contributed by atoms with van der Waals surface area (Å²) in [5, 5.41) is 33.5. The quantitative estimate of drug-likeness (QED) is 0.457. The molecule has 1 amide bonds. The van der Waals surface area contributed by atoms with E-state index in [1.165, 1.54) is 12.4 Å². The van der Waals surface area contributed by atoms with E-state index in [1.54, 1.807) is 25.1 Å². The Hall–Kier alpha value is -2.13. The minimum absolute atomic E-state index is 0.000129. The summed E-state index contributed by atoms with van der Waals surface area (Å²) >= 11 is 0. The van der Waals surface area contributed by atoms with Gasteiger partial charge in [0.05, 0.1) is 36.6 Å². The normalized spacial score (nSPS) is 35.5. The third-order valence-corrected chi connectivity index (χ3v) is 5.47. The van der Waals surface area contributed by atoms with Gasteiger partial charge in [0.15, 0.2) is 12.4 Å². The third kappa shape index (κ3) is 2.95. The molecule has 0 spiro atoms.